The number of hydrogen-bond acceptors (Lipinski definition) is 5. The van der Waals surface area contributed by atoms with Gasteiger partial charge < -0.3 is 4.74 Å². The quantitative estimate of drug-likeness (QED) is 0.753. The van der Waals surface area contributed by atoms with Gasteiger partial charge in [-0.3, -0.25) is 10.1 Å². The highest BCUT2D eigenvalue weighted by atomic mass is 79.9. The summed E-state index contributed by atoms with van der Waals surface area (Å²) in [4.78, 5) is 20.4. The molecule has 2 rings (SSSR count). The van der Waals surface area contributed by atoms with Crippen LogP contribution in [0.4, 0.5) is 5.95 Å². The first-order valence-electron chi connectivity index (χ1n) is 4.84. The molecular weight excluding hydrogens is 421 g/mol. The Hall–Kier alpha value is -0.700. The number of anilines is 1. The van der Waals surface area contributed by atoms with Crippen molar-refractivity contribution < 1.29 is 9.53 Å². The third-order valence-corrected chi connectivity index (χ3v) is 5.42. The zero-order valence-electron chi connectivity index (χ0n) is 9.41. The molecule has 0 aliphatic carbocycles. The molecule has 9 heteroatoms. The van der Waals surface area contributed by atoms with Crippen LogP contribution in [0.2, 0.25) is 5.15 Å². The summed E-state index contributed by atoms with van der Waals surface area (Å²) in [5, 5.41) is 2.75. The number of carbonyl (C=O) groups is 1. The van der Waals surface area contributed by atoms with Crippen molar-refractivity contribution in [2.24, 2.45) is 0 Å². The molecule has 19 heavy (non-hydrogen) atoms. The number of nitrogens with one attached hydrogen (secondary N) is 1. The van der Waals surface area contributed by atoms with Crippen molar-refractivity contribution in [1.29, 1.82) is 0 Å². The summed E-state index contributed by atoms with van der Waals surface area (Å²) in [6, 6.07) is 3.15. The second-order valence-corrected chi connectivity index (χ2v) is 6.85. The summed E-state index contributed by atoms with van der Waals surface area (Å²) in [7, 11) is 1.46. The van der Waals surface area contributed by atoms with Crippen molar-refractivity contribution >= 4 is 66.7 Å². The summed E-state index contributed by atoms with van der Waals surface area (Å²) >= 11 is 13.7. The minimum atomic E-state index is -0.319. The van der Waals surface area contributed by atoms with Gasteiger partial charge in [0.1, 0.15) is 5.15 Å². The zero-order valence-corrected chi connectivity index (χ0v) is 14.2. The van der Waals surface area contributed by atoms with Crippen molar-refractivity contribution in [3.63, 3.8) is 0 Å². The molecule has 0 atom stereocenters. The summed E-state index contributed by atoms with van der Waals surface area (Å²) in [5.41, 5.74) is 0. The topological polar surface area (TPSA) is 64.1 Å². The van der Waals surface area contributed by atoms with Gasteiger partial charge in [-0.05, 0) is 37.9 Å². The Morgan fingerprint density at radius 1 is 1.42 bits per heavy atom. The minimum Gasteiger partial charge on any atom is -0.481 e. The molecule has 1 N–H and O–H groups in total. The molecule has 1 amide bonds. The van der Waals surface area contributed by atoms with Gasteiger partial charge in [-0.2, -0.15) is 4.98 Å². The number of halogens is 3. The van der Waals surface area contributed by atoms with E-state index in [1.54, 1.807) is 6.07 Å². The Bertz CT molecular complexity index is 616. The standard InChI is InChI=1S/C10H6Br2ClN3O2S/c1-18-7-3-6(13)14-10(15-7)16-9(17)5-2-4(11)8(12)19-5/h2-3H,1H3,(H,14,15,16,17). The molecule has 2 heterocycles. The van der Waals surface area contributed by atoms with Crippen molar-refractivity contribution in [2.45, 2.75) is 0 Å². The normalized spacial score (nSPS) is 10.3. The van der Waals surface area contributed by atoms with E-state index in [1.807, 2.05) is 0 Å². The highest BCUT2D eigenvalue weighted by molar-refractivity contribution is 9.13. The third kappa shape index (κ3) is 3.65. The maximum Gasteiger partial charge on any atom is 0.268 e. The fourth-order valence-corrected chi connectivity index (χ4v) is 3.28. The van der Waals surface area contributed by atoms with E-state index < -0.39 is 0 Å². The maximum absolute atomic E-state index is 12.0. The van der Waals surface area contributed by atoms with Crippen LogP contribution >= 0.6 is 54.8 Å². The predicted octanol–water partition coefficient (Wildman–Crippen LogP) is 3.98. The number of carbonyl (C=O) groups excluding carboxylic acids is 1. The molecule has 0 radical (unpaired) electrons. The van der Waals surface area contributed by atoms with Crippen molar-refractivity contribution in [2.75, 3.05) is 12.4 Å². The molecule has 0 aromatic carbocycles. The van der Waals surface area contributed by atoms with Crippen LogP contribution in [0.3, 0.4) is 0 Å². The lowest BCUT2D eigenvalue weighted by molar-refractivity contribution is 0.102. The molecule has 0 aliphatic heterocycles. The molecule has 2 aromatic heterocycles. The lowest BCUT2D eigenvalue weighted by atomic mass is 10.4. The molecule has 0 fully saturated rings. The van der Waals surface area contributed by atoms with Crippen LogP contribution in [0.5, 0.6) is 5.88 Å². The van der Waals surface area contributed by atoms with Crippen LogP contribution in [-0.2, 0) is 0 Å². The Labute approximate surface area is 134 Å². The van der Waals surface area contributed by atoms with Gasteiger partial charge in [-0.1, -0.05) is 11.6 Å². The Morgan fingerprint density at radius 3 is 2.74 bits per heavy atom. The van der Waals surface area contributed by atoms with Crippen molar-refractivity contribution in [3.8, 4) is 5.88 Å². The van der Waals surface area contributed by atoms with E-state index in [9.17, 15) is 4.79 Å². The molecule has 0 bridgehead atoms. The van der Waals surface area contributed by atoms with E-state index in [-0.39, 0.29) is 22.9 Å². The van der Waals surface area contributed by atoms with Crippen LogP contribution in [0.1, 0.15) is 9.67 Å². The van der Waals surface area contributed by atoms with E-state index in [0.717, 1.165) is 8.26 Å². The van der Waals surface area contributed by atoms with Crippen molar-refractivity contribution in [1.82, 2.24) is 9.97 Å². The number of ether oxygens (including phenoxy) is 1. The fraction of sp³-hybridized carbons (Fsp3) is 0.100. The van der Waals surface area contributed by atoms with Crippen LogP contribution in [0.25, 0.3) is 0 Å². The van der Waals surface area contributed by atoms with E-state index in [1.165, 1.54) is 24.5 Å². The Kier molecular flexibility index (Phi) is 4.77. The van der Waals surface area contributed by atoms with Gasteiger partial charge in [0.25, 0.3) is 5.91 Å². The zero-order chi connectivity index (χ0) is 14.0. The maximum atomic E-state index is 12.0. The summed E-state index contributed by atoms with van der Waals surface area (Å²) < 4.78 is 6.59. The second-order valence-electron chi connectivity index (χ2n) is 3.24. The highest BCUT2D eigenvalue weighted by Crippen LogP contribution is 2.32. The monoisotopic (exact) mass is 425 g/mol. The summed E-state index contributed by atoms with van der Waals surface area (Å²) in [6.07, 6.45) is 0. The van der Waals surface area contributed by atoms with E-state index in [2.05, 4.69) is 47.1 Å². The van der Waals surface area contributed by atoms with Gasteiger partial charge in [-0.15, -0.1) is 11.3 Å². The van der Waals surface area contributed by atoms with Crippen LogP contribution in [0.15, 0.2) is 20.4 Å². The lowest BCUT2D eigenvalue weighted by Crippen LogP contribution is -2.13. The predicted molar refractivity (Wildman–Crippen MR) is 81.3 cm³/mol. The average molecular weight is 428 g/mol. The minimum absolute atomic E-state index is 0.0926. The largest absolute Gasteiger partial charge is 0.481 e. The molecule has 0 saturated carbocycles. The Balaban J connectivity index is 2.21. The van der Waals surface area contributed by atoms with Gasteiger partial charge in [0, 0.05) is 10.5 Å². The Morgan fingerprint density at radius 2 is 2.16 bits per heavy atom. The average Bonchev–Trinajstić information content (AvgIpc) is 2.69. The molecule has 2 aromatic rings. The second kappa shape index (κ2) is 6.17. The number of thiophene rings is 1. The molecule has 0 unspecified atom stereocenters. The molecular formula is C10H6Br2ClN3O2S. The van der Waals surface area contributed by atoms with Gasteiger partial charge in [0.2, 0.25) is 11.8 Å². The van der Waals surface area contributed by atoms with E-state index >= 15 is 0 Å². The third-order valence-electron chi connectivity index (χ3n) is 1.97. The van der Waals surface area contributed by atoms with Crippen molar-refractivity contribution in [3.05, 3.63) is 30.4 Å². The first-order chi connectivity index (χ1) is 8.99. The SMILES string of the molecule is COc1cc(Cl)nc(NC(=O)c2cc(Br)c(Br)s2)n1. The number of nitrogens with zero attached hydrogens (tertiary/aromatic N) is 2. The molecule has 0 spiro atoms. The molecule has 5 nitrogen and oxygen atoms in total. The van der Waals surface area contributed by atoms with Gasteiger partial charge in [0.05, 0.1) is 15.8 Å². The van der Waals surface area contributed by atoms with Crippen LogP contribution in [-0.4, -0.2) is 23.0 Å². The molecule has 0 aliphatic rings. The number of amides is 1. The molecule has 0 saturated heterocycles. The van der Waals surface area contributed by atoms with Crippen LogP contribution in [0, 0.1) is 0 Å². The van der Waals surface area contributed by atoms with Gasteiger partial charge in [-0.25, -0.2) is 4.98 Å². The number of rotatable bonds is 3. The lowest BCUT2D eigenvalue weighted by Gasteiger charge is -2.04. The smallest absolute Gasteiger partial charge is 0.268 e. The summed E-state index contributed by atoms with van der Waals surface area (Å²) in [6.45, 7) is 0. The molecule has 100 valence electrons. The number of aromatic nitrogens is 2. The van der Waals surface area contributed by atoms with Gasteiger partial charge in [0.15, 0.2) is 0 Å². The van der Waals surface area contributed by atoms with E-state index in [0.29, 0.717) is 4.88 Å². The number of methoxy groups -OCH3 is 1. The fourth-order valence-electron chi connectivity index (χ4n) is 1.18. The van der Waals surface area contributed by atoms with Crippen LogP contribution < -0.4 is 10.1 Å². The summed E-state index contributed by atoms with van der Waals surface area (Å²) in [5.74, 6) is 0.0551. The number of hydrogen-bond donors (Lipinski definition) is 1. The first kappa shape index (κ1) is 14.7. The van der Waals surface area contributed by atoms with Gasteiger partial charge >= 0.3 is 0 Å². The van der Waals surface area contributed by atoms with E-state index in [4.69, 9.17) is 16.3 Å². The highest BCUT2D eigenvalue weighted by Gasteiger charge is 2.14. The first-order valence-corrected chi connectivity index (χ1v) is 7.62.